The van der Waals surface area contributed by atoms with Crippen molar-refractivity contribution in [3.8, 4) is 5.75 Å². The van der Waals surface area contributed by atoms with Crippen LogP contribution in [0.1, 0.15) is 23.2 Å². The fourth-order valence-electron chi connectivity index (χ4n) is 3.38. The number of ether oxygens (including phenoxy) is 1. The van der Waals surface area contributed by atoms with E-state index < -0.39 is 4.92 Å². The molecule has 0 aromatic heterocycles. The van der Waals surface area contributed by atoms with E-state index in [1.807, 2.05) is 0 Å². The van der Waals surface area contributed by atoms with Gasteiger partial charge in [-0.1, -0.05) is 0 Å². The second-order valence-corrected chi connectivity index (χ2v) is 5.79. The van der Waals surface area contributed by atoms with Crippen molar-refractivity contribution in [3.05, 3.63) is 33.9 Å². The van der Waals surface area contributed by atoms with E-state index in [9.17, 15) is 14.9 Å². The maximum Gasteiger partial charge on any atom is 0.311 e. The van der Waals surface area contributed by atoms with Gasteiger partial charge >= 0.3 is 5.69 Å². The molecule has 2 aliphatic heterocycles. The number of nitrogens with zero attached hydrogens (tertiary/aromatic N) is 2. The summed E-state index contributed by atoms with van der Waals surface area (Å²) < 4.78 is 4.97. The number of hydrogen-bond donors (Lipinski definition) is 1. The Hall–Kier alpha value is -1.86. The normalized spacial score (nSPS) is 22.9. The van der Waals surface area contributed by atoms with Crippen molar-refractivity contribution in [2.75, 3.05) is 26.7 Å². The lowest BCUT2D eigenvalue weighted by molar-refractivity contribution is -0.385. The van der Waals surface area contributed by atoms with Crippen LogP contribution in [-0.4, -0.2) is 48.5 Å². The van der Waals surface area contributed by atoms with Gasteiger partial charge in [-0.3, -0.25) is 14.9 Å². The maximum atomic E-state index is 12.6. The molecule has 2 heterocycles. The molecule has 2 saturated heterocycles. The average molecular weight is 342 g/mol. The first-order valence-electron chi connectivity index (χ1n) is 7.45. The van der Waals surface area contributed by atoms with Crippen molar-refractivity contribution in [2.45, 2.75) is 18.9 Å². The molecular weight excluding hydrogens is 322 g/mol. The van der Waals surface area contributed by atoms with Crippen molar-refractivity contribution in [2.24, 2.45) is 5.92 Å². The van der Waals surface area contributed by atoms with Gasteiger partial charge in [-0.15, -0.1) is 12.4 Å². The van der Waals surface area contributed by atoms with E-state index >= 15 is 0 Å². The molecule has 126 valence electrons. The van der Waals surface area contributed by atoms with Crippen LogP contribution in [0.15, 0.2) is 18.2 Å². The van der Waals surface area contributed by atoms with Gasteiger partial charge in [0.2, 0.25) is 0 Å². The number of carbonyl (C=O) groups excluding carboxylic acids is 1. The Morgan fingerprint density at radius 2 is 2.22 bits per heavy atom. The van der Waals surface area contributed by atoms with Crippen molar-refractivity contribution in [1.82, 2.24) is 10.2 Å². The molecule has 23 heavy (non-hydrogen) atoms. The van der Waals surface area contributed by atoms with Crippen LogP contribution in [0.3, 0.4) is 0 Å². The highest BCUT2D eigenvalue weighted by Crippen LogP contribution is 2.30. The number of carbonyl (C=O) groups is 1. The number of piperidine rings is 1. The number of amides is 1. The van der Waals surface area contributed by atoms with Crippen molar-refractivity contribution in [3.63, 3.8) is 0 Å². The van der Waals surface area contributed by atoms with Crippen LogP contribution in [0.5, 0.6) is 5.75 Å². The number of rotatable bonds is 3. The van der Waals surface area contributed by atoms with Gasteiger partial charge in [-0.25, -0.2) is 0 Å². The molecule has 7 nitrogen and oxygen atoms in total. The lowest BCUT2D eigenvalue weighted by Crippen LogP contribution is -2.46. The topological polar surface area (TPSA) is 84.7 Å². The van der Waals surface area contributed by atoms with Gasteiger partial charge in [0.1, 0.15) is 0 Å². The Morgan fingerprint density at radius 1 is 1.43 bits per heavy atom. The van der Waals surface area contributed by atoms with Crippen molar-refractivity contribution < 1.29 is 14.5 Å². The van der Waals surface area contributed by atoms with Crippen LogP contribution in [0.2, 0.25) is 0 Å². The molecule has 0 bridgehead atoms. The summed E-state index contributed by atoms with van der Waals surface area (Å²) >= 11 is 0. The first-order valence-corrected chi connectivity index (χ1v) is 7.45. The Kier molecular flexibility index (Phi) is 5.43. The summed E-state index contributed by atoms with van der Waals surface area (Å²) in [6.45, 7) is 2.41. The van der Waals surface area contributed by atoms with Gasteiger partial charge in [0.05, 0.1) is 12.0 Å². The molecular formula is C15H20ClN3O4. The van der Waals surface area contributed by atoms with Crippen molar-refractivity contribution in [1.29, 1.82) is 0 Å². The van der Waals surface area contributed by atoms with Crippen LogP contribution in [0, 0.1) is 16.0 Å². The Bertz CT molecular complexity index is 610. The molecule has 0 aliphatic carbocycles. The summed E-state index contributed by atoms with van der Waals surface area (Å²) in [6, 6.07) is 4.89. The predicted molar refractivity (Wildman–Crippen MR) is 87.3 cm³/mol. The molecule has 0 spiro atoms. The molecule has 2 aliphatic rings. The summed E-state index contributed by atoms with van der Waals surface area (Å²) in [5.74, 6) is 0.516. The molecule has 1 aromatic carbocycles. The molecule has 0 saturated carbocycles. The van der Waals surface area contributed by atoms with Crippen LogP contribution in [0.25, 0.3) is 0 Å². The van der Waals surface area contributed by atoms with E-state index in [4.69, 9.17) is 4.74 Å². The minimum Gasteiger partial charge on any atom is -0.490 e. The third kappa shape index (κ3) is 3.40. The average Bonchev–Trinajstić information content (AvgIpc) is 3.01. The zero-order valence-electron chi connectivity index (χ0n) is 12.9. The van der Waals surface area contributed by atoms with Crippen LogP contribution >= 0.6 is 12.4 Å². The summed E-state index contributed by atoms with van der Waals surface area (Å²) in [4.78, 5) is 25.0. The van der Waals surface area contributed by atoms with E-state index in [-0.39, 0.29) is 29.8 Å². The van der Waals surface area contributed by atoms with Gasteiger partial charge < -0.3 is 15.0 Å². The lowest BCUT2D eigenvalue weighted by atomic mass is 9.93. The lowest BCUT2D eigenvalue weighted by Gasteiger charge is -2.34. The summed E-state index contributed by atoms with van der Waals surface area (Å²) in [6.07, 6.45) is 2.02. The minimum atomic E-state index is -0.525. The van der Waals surface area contributed by atoms with E-state index in [0.29, 0.717) is 24.1 Å². The summed E-state index contributed by atoms with van der Waals surface area (Å²) in [5.41, 5.74) is 0.169. The molecule has 2 fully saturated rings. The number of nitro groups is 1. The Balaban J connectivity index is 0.00000192. The highest BCUT2D eigenvalue weighted by Gasteiger charge is 2.34. The van der Waals surface area contributed by atoms with Gasteiger partial charge in [-0.05, 0) is 37.4 Å². The fraction of sp³-hybridized carbons (Fsp3) is 0.533. The van der Waals surface area contributed by atoms with Gasteiger partial charge in [0, 0.05) is 30.8 Å². The molecule has 2 unspecified atom stereocenters. The van der Waals surface area contributed by atoms with E-state index in [2.05, 4.69) is 5.32 Å². The van der Waals surface area contributed by atoms with E-state index in [0.717, 1.165) is 25.9 Å². The number of methoxy groups -OCH3 is 1. The molecule has 2 atom stereocenters. The first kappa shape index (κ1) is 17.5. The number of likely N-dealkylation sites (tertiary alicyclic amines) is 1. The highest BCUT2D eigenvalue weighted by molar-refractivity contribution is 5.95. The fourth-order valence-corrected chi connectivity index (χ4v) is 3.38. The zero-order valence-corrected chi connectivity index (χ0v) is 13.7. The van der Waals surface area contributed by atoms with Gasteiger partial charge in [-0.2, -0.15) is 0 Å². The second-order valence-electron chi connectivity index (χ2n) is 5.79. The third-order valence-corrected chi connectivity index (χ3v) is 4.57. The van der Waals surface area contributed by atoms with E-state index in [1.54, 1.807) is 11.0 Å². The Morgan fingerprint density at radius 3 is 2.91 bits per heavy atom. The number of nitro benzene ring substituents is 1. The number of hydrogen-bond acceptors (Lipinski definition) is 5. The zero-order chi connectivity index (χ0) is 15.7. The molecule has 1 N–H and O–H groups in total. The molecule has 1 amide bonds. The number of halogens is 1. The highest BCUT2D eigenvalue weighted by atomic mass is 35.5. The molecule has 3 rings (SSSR count). The van der Waals surface area contributed by atoms with E-state index in [1.165, 1.54) is 19.2 Å². The number of benzene rings is 1. The monoisotopic (exact) mass is 341 g/mol. The third-order valence-electron chi connectivity index (χ3n) is 4.57. The molecule has 8 heteroatoms. The molecule has 1 aromatic rings. The first-order chi connectivity index (χ1) is 10.6. The van der Waals surface area contributed by atoms with Crippen LogP contribution in [-0.2, 0) is 0 Å². The van der Waals surface area contributed by atoms with Gasteiger partial charge in [0.25, 0.3) is 5.91 Å². The standard InChI is InChI=1S/C15H19N3O4.ClH/c1-22-14-3-2-10(8-13(14)18(20)21)15(19)17-7-5-12-11(9-17)4-6-16-12;/h2-3,8,11-12,16H,4-7,9H2,1H3;1H. The largest absolute Gasteiger partial charge is 0.490 e. The van der Waals surface area contributed by atoms with Gasteiger partial charge in [0.15, 0.2) is 5.75 Å². The number of nitrogens with one attached hydrogen (secondary N) is 1. The minimum absolute atomic E-state index is 0. The number of fused-ring (bicyclic) bond motifs is 1. The van der Waals surface area contributed by atoms with Crippen LogP contribution in [0.4, 0.5) is 5.69 Å². The summed E-state index contributed by atoms with van der Waals surface area (Å²) in [5, 5.41) is 14.5. The second kappa shape index (κ2) is 7.14. The summed E-state index contributed by atoms with van der Waals surface area (Å²) in [7, 11) is 1.38. The Labute approximate surface area is 140 Å². The predicted octanol–water partition coefficient (Wildman–Crippen LogP) is 1.85. The van der Waals surface area contributed by atoms with Crippen molar-refractivity contribution >= 4 is 24.0 Å². The maximum absolute atomic E-state index is 12.6. The van der Waals surface area contributed by atoms with Crippen LogP contribution < -0.4 is 10.1 Å². The quantitative estimate of drug-likeness (QED) is 0.670. The smallest absolute Gasteiger partial charge is 0.311 e. The molecule has 0 radical (unpaired) electrons. The SMILES string of the molecule is COc1ccc(C(=O)N2CCC3NCCC3C2)cc1[N+](=O)[O-].Cl.